The van der Waals surface area contributed by atoms with E-state index < -0.39 is 0 Å². The lowest BCUT2D eigenvalue weighted by Crippen LogP contribution is -2.19. The molecule has 1 N–H and O–H groups in total. The van der Waals surface area contributed by atoms with E-state index in [0.717, 1.165) is 5.56 Å². The van der Waals surface area contributed by atoms with Gasteiger partial charge >= 0.3 is 0 Å². The highest BCUT2D eigenvalue weighted by molar-refractivity contribution is 6.55. The van der Waals surface area contributed by atoms with Crippen LogP contribution in [0.3, 0.4) is 0 Å². The number of hydrogen-bond donors (Lipinski definition) is 1. The van der Waals surface area contributed by atoms with Gasteiger partial charge in [-0.3, -0.25) is 10.2 Å². The van der Waals surface area contributed by atoms with Gasteiger partial charge in [0.1, 0.15) is 5.71 Å². The molecule has 0 aliphatic heterocycles. The third-order valence-corrected chi connectivity index (χ3v) is 2.19. The second-order valence-electron chi connectivity index (χ2n) is 3.74. The van der Waals surface area contributed by atoms with Gasteiger partial charge in [-0.05, 0) is 5.56 Å². The molecule has 1 aromatic rings. The summed E-state index contributed by atoms with van der Waals surface area (Å²) in [5.74, 6) is -0.318. The van der Waals surface area contributed by atoms with Crippen LogP contribution in [0, 0.1) is 11.3 Å². The molecule has 0 bridgehead atoms. The molecular formula is C13H15NO. The molecule has 0 atom stereocenters. The lowest BCUT2D eigenvalue weighted by atomic mass is 9.95. The van der Waals surface area contributed by atoms with E-state index in [1.807, 2.05) is 30.3 Å². The van der Waals surface area contributed by atoms with Gasteiger partial charge in [0.2, 0.25) is 0 Å². The van der Waals surface area contributed by atoms with E-state index in [2.05, 4.69) is 6.58 Å². The van der Waals surface area contributed by atoms with Crippen molar-refractivity contribution in [2.45, 2.75) is 13.8 Å². The quantitative estimate of drug-likeness (QED) is 0.747. The zero-order valence-corrected chi connectivity index (χ0v) is 9.08. The smallest absolute Gasteiger partial charge is 0.183 e. The number of allylic oxidation sites excluding steroid dienone is 1. The molecule has 0 spiro atoms. The summed E-state index contributed by atoms with van der Waals surface area (Å²) in [4.78, 5) is 11.6. The number of carbonyl (C=O) groups excluding carboxylic acids is 1. The van der Waals surface area contributed by atoms with E-state index in [4.69, 9.17) is 5.41 Å². The van der Waals surface area contributed by atoms with Gasteiger partial charge in [-0.15, -0.1) is 0 Å². The van der Waals surface area contributed by atoms with Crippen molar-refractivity contribution in [2.24, 2.45) is 5.92 Å². The Labute approximate surface area is 90.1 Å². The Morgan fingerprint density at radius 3 is 2.27 bits per heavy atom. The molecule has 0 aromatic heterocycles. The summed E-state index contributed by atoms with van der Waals surface area (Å²) in [6.07, 6.45) is 0. The fraction of sp³-hybridized carbons (Fsp3) is 0.231. The summed E-state index contributed by atoms with van der Waals surface area (Å²) in [6.45, 7) is 7.36. The van der Waals surface area contributed by atoms with Crippen LogP contribution in [0.4, 0.5) is 0 Å². The van der Waals surface area contributed by atoms with Crippen LogP contribution in [0.2, 0.25) is 0 Å². The third kappa shape index (κ3) is 2.62. The van der Waals surface area contributed by atoms with Crippen molar-refractivity contribution < 1.29 is 4.79 Å². The highest BCUT2D eigenvalue weighted by atomic mass is 16.1. The summed E-state index contributed by atoms with van der Waals surface area (Å²) in [6, 6.07) is 9.33. The predicted octanol–water partition coefficient (Wildman–Crippen LogP) is 2.94. The first-order valence-electron chi connectivity index (χ1n) is 4.91. The molecule has 78 valence electrons. The lowest BCUT2D eigenvalue weighted by Gasteiger charge is -2.08. The topological polar surface area (TPSA) is 40.9 Å². The maximum Gasteiger partial charge on any atom is 0.183 e. The van der Waals surface area contributed by atoms with Gasteiger partial charge in [-0.25, -0.2) is 0 Å². The summed E-state index contributed by atoms with van der Waals surface area (Å²) >= 11 is 0. The van der Waals surface area contributed by atoms with Crippen LogP contribution in [0.5, 0.6) is 0 Å². The molecule has 0 unspecified atom stereocenters. The van der Waals surface area contributed by atoms with Crippen molar-refractivity contribution in [3.63, 3.8) is 0 Å². The largest absolute Gasteiger partial charge is 0.297 e. The molecule has 0 saturated heterocycles. The summed E-state index contributed by atoms with van der Waals surface area (Å²) in [5.41, 5.74) is 1.34. The zero-order chi connectivity index (χ0) is 11.4. The maximum atomic E-state index is 11.6. The second kappa shape index (κ2) is 4.69. The van der Waals surface area contributed by atoms with Crippen LogP contribution in [0.1, 0.15) is 19.4 Å². The summed E-state index contributed by atoms with van der Waals surface area (Å²) < 4.78 is 0. The van der Waals surface area contributed by atoms with Gasteiger partial charge in [-0.1, -0.05) is 50.8 Å². The molecule has 0 aliphatic carbocycles. The first-order chi connectivity index (χ1) is 7.04. The molecule has 2 nitrogen and oxygen atoms in total. The Bertz CT molecular complexity index is 390. The summed E-state index contributed by atoms with van der Waals surface area (Å²) in [7, 11) is 0. The van der Waals surface area contributed by atoms with E-state index >= 15 is 0 Å². The van der Waals surface area contributed by atoms with E-state index in [0.29, 0.717) is 5.57 Å². The van der Waals surface area contributed by atoms with Crippen molar-refractivity contribution in [3.8, 4) is 0 Å². The second-order valence-corrected chi connectivity index (χ2v) is 3.74. The molecular weight excluding hydrogens is 186 g/mol. The highest BCUT2D eigenvalue weighted by Crippen LogP contribution is 2.15. The lowest BCUT2D eigenvalue weighted by molar-refractivity contribution is -0.115. The average Bonchev–Trinajstić information content (AvgIpc) is 2.27. The molecule has 1 aromatic carbocycles. The number of nitrogens with one attached hydrogen (secondary N) is 1. The van der Waals surface area contributed by atoms with Crippen LogP contribution in [0.15, 0.2) is 36.9 Å². The molecule has 2 heteroatoms. The molecule has 0 aliphatic rings. The van der Waals surface area contributed by atoms with Gasteiger partial charge in [0.05, 0.1) is 0 Å². The van der Waals surface area contributed by atoms with Crippen LogP contribution in [-0.2, 0) is 4.79 Å². The van der Waals surface area contributed by atoms with Gasteiger partial charge < -0.3 is 0 Å². The first kappa shape index (κ1) is 11.4. The molecule has 1 rings (SSSR count). The minimum absolute atomic E-state index is 0.0104. The number of benzene rings is 1. The predicted molar refractivity (Wildman–Crippen MR) is 63.0 cm³/mol. The van der Waals surface area contributed by atoms with Crippen molar-refractivity contribution in [1.82, 2.24) is 0 Å². The number of Topliss-reactive ketones (excluding diaryl/α,β-unsaturated/α-hetero) is 1. The van der Waals surface area contributed by atoms with Crippen LogP contribution in [-0.4, -0.2) is 11.5 Å². The normalized spacial score (nSPS) is 10.1. The van der Waals surface area contributed by atoms with Gasteiger partial charge in [0, 0.05) is 11.5 Å². The van der Waals surface area contributed by atoms with Crippen molar-refractivity contribution in [3.05, 3.63) is 42.5 Å². The first-order valence-corrected chi connectivity index (χ1v) is 4.91. The average molecular weight is 201 g/mol. The Morgan fingerprint density at radius 1 is 1.27 bits per heavy atom. The number of hydrogen-bond acceptors (Lipinski definition) is 2. The van der Waals surface area contributed by atoms with Gasteiger partial charge in [0.25, 0.3) is 0 Å². The number of ketones is 1. The van der Waals surface area contributed by atoms with Crippen LogP contribution < -0.4 is 0 Å². The Balaban J connectivity index is 2.88. The Morgan fingerprint density at radius 2 is 1.80 bits per heavy atom. The fourth-order valence-corrected chi connectivity index (χ4v) is 1.22. The van der Waals surface area contributed by atoms with Crippen molar-refractivity contribution >= 4 is 17.1 Å². The molecule has 0 heterocycles. The monoisotopic (exact) mass is 201 g/mol. The minimum atomic E-state index is -0.163. The zero-order valence-electron chi connectivity index (χ0n) is 9.08. The SMILES string of the molecule is C=C(C(=N)C(=O)C(C)C)c1ccccc1. The molecule has 0 amide bonds. The molecule has 0 saturated carbocycles. The molecule has 15 heavy (non-hydrogen) atoms. The van der Waals surface area contributed by atoms with Crippen molar-refractivity contribution in [2.75, 3.05) is 0 Å². The van der Waals surface area contributed by atoms with Crippen molar-refractivity contribution in [1.29, 1.82) is 5.41 Å². The fourth-order valence-electron chi connectivity index (χ4n) is 1.22. The van der Waals surface area contributed by atoms with E-state index in [-0.39, 0.29) is 17.4 Å². The minimum Gasteiger partial charge on any atom is -0.297 e. The third-order valence-electron chi connectivity index (χ3n) is 2.19. The van der Waals surface area contributed by atoms with E-state index in [1.54, 1.807) is 13.8 Å². The number of rotatable bonds is 4. The van der Waals surface area contributed by atoms with Gasteiger partial charge in [-0.2, -0.15) is 0 Å². The number of carbonyl (C=O) groups is 1. The Hall–Kier alpha value is -1.70. The Kier molecular flexibility index (Phi) is 3.56. The molecule has 0 fully saturated rings. The van der Waals surface area contributed by atoms with Crippen LogP contribution >= 0.6 is 0 Å². The van der Waals surface area contributed by atoms with Crippen LogP contribution in [0.25, 0.3) is 5.57 Å². The summed E-state index contributed by atoms with van der Waals surface area (Å²) in [5, 5.41) is 7.72. The highest BCUT2D eigenvalue weighted by Gasteiger charge is 2.16. The van der Waals surface area contributed by atoms with Gasteiger partial charge in [0.15, 0.2) is 5.78 Å². The molecule has 0 radical (unpaired) electrons. The van der Waals surface area contributed by atoms with E-state index in [9.17, 15) is 4.79 Å². The standard InChI is InChI=1S/C13H15NO/c1-9(2)13(15)12(14)10(3)11-7-5-4-6-8-11/h4-9,14H,3H2,1-2H3. The maximum absolute atomic E-state index is 11.6. The van der Waals surface area contributed by atoms with E-state index in [1.165, 1.54) is 0 Å².